The minimum Gasteiger partial charge on any atom is -0.496 e. The van der Waals surface area contributed by atoms with Gasteiger partial charge in [-0.3, -0.25) is 9.59 Å². The fourth-order valence-corrected chi connectivity index (χ4v) is 4.40. The molecule has 0 saturated carbocycles. The van der Waals surface area contributed by atoms with E-state index in [1.54, 1.807) is 29.8 Å². The smallest absolute Gasteiger partial charge is 0.298 e. The van der Waals surface area contributed by atoms with Crippen molar-refractivity contribution in [3.63, 3.8) is 0 Å². The third kappa shape index (κ3) is 4.09. The molecule has 3 aromatic carbocycles. The number of ketones is 1. The zero-order chi connectivity index (χ0) is 25.1. The Kier molecular flexibility index (Phi) is 6.24. The monoisotopic (exact) mass is 476 g/mol. The Morgan fingerprint density at radius 1 is 0.750 bits per heavy atom. The van der Waals surface area contributed by atoms with Crippen LogP contribution < -0.4 is 14.8 Å². The van der Waals surface area contributed by atoms with E-state index in [2.05, 4.69) is 5.32 Å². The summed E-state index contributed by atoms with van der Waals surface area (Å²) in [5, 5.41) is 2.77. The molecule has 2 aromatic heterocycles. The molecule has 6 heteroatoms. The molecule has 0 radical (unpaired) electrons. The number of amides is 1. The predicted molar refractivity (Wildman–Crippen MR) is 141 cm³/mol. The van der Waals surface area contributed by atoms with E-state index in [9.17, 15) is 9.59 Å². The van der Waals surface area contributed by atoms with Gasteiger partial charge in [0.15, 0.2) is 5.75 Å². The van der Waals surface area contributed by atoms with Crippen molar-refractivity contribution < 1.29 is 19.1 Å². The lowest BCUT2D eigenvalue weighted by Gasteiger charge is -2.17. The third-order valence-corrected chi connectivity index (χ3v) is 6.04. The van der Waals surface area contributed by atoms with Gasteiger partial charge in [-0.25, -0.2) is 0 Å². The fraction of sp³-hybridized carbons (Fsp3) is 0.0667. The Balaban J connectivity index is 1.57. The molecule has 2 heterocycles. The molecule has 0 aliphatic rings. The molecule has 0 atom stereocenters. The maximum Gasteiger partial charge on any atom is 0.298 e. The summed E-state index contributed by atoms with van der Waals surface area (Å²) in [6.07, 6.45) is 1.78. The second-order valence-electron chi connectivity index (χ2n) is 8.14. The highest BCUT2D eigenvalue weighted by atomic mass is 16.5. The molecule has 0 aliphatic carbocycles. The van der Waals surface area contributed by atoms with Gasteiger partial charge in [-0.1, -0.05) is 66.7 Å². The maximum atomic E-state index is 13.6. The highest BCUT2D eigenvalue weighted by Crippen LogP contribution is 2.43. The van der Waals surface area contributed by atoms with Crippen LogP contribution in [0.3, 0.4) is 0 Å². The number of nitrogens with one attached hydrogen (secondary N) is 1. The summed E-state index contributed by atoms with van der Waals surface area (Å²) in [5.74, 6) is -0.422. The third-order valence-electron chi connectivity index (χ3n) is 6.04. The fourth-order valence-electron chi connectivity index (χ4n) is 4.40. The van der Waals surface area contributed by atoms with Crippen molar-refractivity contribution in [3.05, 3.63) is 109 Å². The van der Waals surface area contributed by atoms with Gasteiger partial charge < -0.3 is 19.2 Å². The summed E-state index contributed by atoms with van der Waals surface area (Å²) in [6, 6.07) is 30.1. The average molecular weight is 477 g/mol. The van der Waals surface area contributed by atoms with E-state index in [1.165, 1.54) is 7.11 Å². The molecule has 0 bridgehead atoms. The molecule has 36 heavy (non-hydrogen) atoms. The Labute approximate surface area is 208 Å². The van der Waals surface area contributed by atoms with Gasteiger partial charge in [0.25, 0.3) is 11.7 Å². The van der Waals surface area contributed by atoms with E-state index in [0.717, 1.165) is 16.6 Å². The zero-order valence-electron chi connectivity index (χ0n) is 19.9. The lowest BCUT2D eigenvalue weighted by Crippen LogP contribution is -2.25. The van der Waals surface area contributed by atoms with Gasteiger partial charge >= 0.3 is 0 Å². The van der Waals surface area contributed by atoms with Crippen LogP contribution in [0.2, 0.25) is 0 Å². The lowest BCUT2D eigenvalue weighted by molar-refractivity contribution is -0.112. The Morgan fingerprint density at radius 2 is 1.42 bits per heavy atom. The van der Waals surface area contributed by atoms with Crippen molar-refractivity contribution >= 4 is 22.9 Å². The number of benzene rings is 3. The summed E-state index contributed by atoms with van der Waals surface area (Å²) in [7, 11) is 3.10. The zero-order valence-corrected chi connectivity index (χ0v) is 19.9. The van der Waals surface area contributed by atoms with Crippen molar-refractivity contribution in [2.75, 3.05) is 19.5 Å². The highest BCUT2D eigenvalue weighted by Gasteiger charge is 2.26. The van der Waals surface area contributed by atoms with Crippen LogP contribution in [-0.2, 0) is 4.79 Å². The van der Waals surface area contributed by atoms with Crippen LogP contribution in [0.5, 0.6) is 11.5 Å². The summed E-state index contributed by atoms with van der Waals surface area (Å²) < 4.78 is 13.0. The van der Waals surface area contributed by atoms with E-state index < -0.39 is 11.7 Å². The lowest BCUT2D eigenvalue weighted by atomic mass is 10.0. The molecule has 5 rings (SSSR count). The van der Waals surface area contributed by atoms with Crippen molar-refractivity contribution in [1.82, 2.24) is 4.40 Å². The van der Waals surface area contributed by atoms with E-state index in [-0.39, 0.29) is 0 Å². The predicted octanol–water partition coefficient (Wildman–Crippen LogP) is 6.11. The van der Waals surface area contributed by atoms with E-state index in [4.69, 9.17) is 9.47 Å². The van der Waals surface area contributed by atoms with Gasteiger partial charge in [-0.15, -0.1) is 0 Å². The minimum absolute atomic E-state index is 0.296. The first kappa shape index (κ1) is 22.9. The van der Waals surface area contributed by atoms with Crippen LogP contribution in [0.25, 0.3) is 27.8 Å². The SMILES string of the molecule is COc1ccc(NC(=O)C(=O)c2c(-c3ccccc3)cc3ccccn23)c(OC)c1-c1ccccc1. The Bertz CT molecular complexity index is 1560. The van der Waals surface area contributed by atoms with E-state index >= 15 is 0 Å². The van der Waals surface area contributed by atoms with Gasteiger partial charge in [-0.05, 0) is 41.5 Å². The number of hydrogen-bond acceptors (Lipinski definition) is 4. The number of pyridine rings is 1. The first-order valence-electron chi connectivity index (χ1n) is 11.4. The minimum atomic E-state index is -0.765. The van der Waals surface area contributed by atoms with Crippen molar-refractivity contribution in [2.24, 2.45) is 0 Å². The van der Waals surface area contributed by atoms with Gasteiger partial charge in [0.2, 0.25) is 0 Å². The van der Waals surface area contributed by atoms with Gasteiger partial charge in [0.1, 0.15) is 11.4 Å². The Morgan fingerprint density at radius 3 is 2.08 bits per heavy atom. The van der Waals surface area contributed by atoms with Crippen LogP contribution in [-0.4, -0.2) is 30.3 Å². The second kappa shape index (κ2) is 9.80. The number of nitrogens with zero attached hydrogens (tertiary/aromatic N) is 1. The van der Waals surface area contributed by atoms with Crippen molar-refractivity contribution in [2.45, 2.75) is 0 Å². The Hall–Kier alpha value is -4.84. The first-order chi connectivity index (χ1) is 17.6. The molecular formula is C30H24N2O4. The molecule has 178 valence electrons. The number of fused-ring (bicyclic) bond motifs is 1. The van der Waals surface area contributed by atoms with Crippen LogP contribution >= 0.6 is 0 Å². The van der Waals surface area contributed by atoms with Gasteiger partial charge in [0, 0.05) is 17.3 Å². The van der Waals surface area contributed by atoms with Crippen LogP contribution in [0.15, 0.2) is 103 Å². The first-order valence-corrected chi connectivity index (χ1v) is 11.4. The molecule has 0 aliphatic heterocycles. The molecule has 6 nitrogen and oxygen atoms in total. The molecular weight excluding hydrogens is 452 g/mol. The topological polar surface area (TPSA) is 69.0 Å². The number of hydrogen-bond donors (Lipinski definition) is 1. The summed E-state index contributed by atoms with van der Waals surface area (Å²) in [5.41, 5.74) is 4.57. The summed E-state index contributed by atoms with van der Waals surface area (Å²) in [6.45, 7) is 0. The molecule has 1 amide bonds. The molecule has 0 spiro atoms. The quantitative estimate of drug-likeness (QED) is 0.227. The van der Waals surface area contributed by atoms with Gasteiger partial charge in [-0.2, -0.15) is 0 Å². The molecule has 0 saturated heterocycles. The van der Waals surface area contributed by atoms with Crippen molar-refractivity contribution in [3.8, 4) is 33.8 Å². The van der Waals surface area contributed by atoms with E-state index in [0.29, 0.717) is 34.0 Å². The number of methoxy groups -OCH3 is 2. The normalized spacial score (nSPS) is 10.7. The van der Waals surface area contributed by atoms with Crippen LogP contribution in [0.1, 0.15) is 10.5 Å². The summed E-state index contributed by atoms with van der Waals surface area (Å²) >= 11 is 0. The summed E-state index contributed by atoms with van der Waals surface area (Å²) in [4.78, 5) is 26.9. The average Bonchev–Trinajstić information content (AvgIpc) is 3.33. The van der Waals surface area contributed by atoms with E-state index in [1.807, 2.05) is 84.9 Å². The van der Waals surface area contributed by atoms with Crippen LogP contribution in [0.4, 0.5) is 5.69 Å². The van der Waals surface area contributed by atoms with Crippen molar-refractivity contribution in [1.29, 1.82) is 0 Å². The molecule has 5 aromatic rings. The largest absolute Gasteiger partial charge is 0.496 e. The number of Topliss-reactive ketones (excluding diaryl/α,β-unsaturated/α-hetero) is 1. The number of aromatic nitrogens is 1. The standard InChI is InChI=1S/C30H24N2O4/c1-35-25-17-16-24(29(36-2)26(25)21-13-7-4-8-14-21)31-30(34)28(33)27-23(20-11-5-3-6-12-20)19-22-15-9-10-18-32(22)27/h3-19H,1-2H3,(H,31,34). The van der Waals surface area contributed by atoms with Gasteiger partial charge in [0.05, 0.1) is 25.5 Å². The maximum absolute atomic E-state index is 13.6. The molecule has 1 N–H and O–H groups in total. The molecule has 0 fully saturated rings. The number of anilines is 1. The number of carbonyl (C=O) groups excluding carboxylic acids is 2. The number of rotatable bonds is 7. The number of ether oxygens (including phenoxy) is 2. The second-order valence-corrected chi connectivity index (χ2v) is 8.14. The molecule has 0 unspecified atom stereocenters. The number of carbonyl (C=O) groups is 2. The van der Waals surface area contributed by atoms with Crippen LogP contribution in [0, 0.1) is 0 Å². The highest BCUT2D eigenvalue weighted by molar-refractivity contribution is 6.47.